The summed E-state index contributed by atoms with van der Waals surface area (Å²) in [5.74, 6) is 0.565. The van der Waals surface area contributed by atoms with Crippen molar-refractivity contribution >= 4 is 12.4 Å². The molecule has 0 aliphatic carbocycles. The predicted octanol–water partition coefficient (Wildman–Crippen LogP) is 3.25. The van der Waals surface area contributed by atoms with Crippen LogP contribution in [-0.2, 0) is 0 Å². The van der Waals surface area contributed by atoms with Crippen LogP contribution in [0.5, 0.6) is 5.75 Å². The molecule has 1 fully saturated rings. The van der Waals surface area contributed by atoms with Crippen molar-refractivity contribution in [2.75, 3.05) is 33.3 Å². The smallest absolute Gasteiger partial charge is 0.128 e. The summed E-state index contributed by atoms with van der Waals surface area (Å²) >= 11 is 0. The van der Waals surface area contributed by atoms with Gasteiger partial charge in [-0.1, -0.05) is 20.8 Å². The second-order valence-corrected chi connectivity index (χ2v) is 6.44. The zero-order valence-electron chi connectivity index (χ0n) is 13.3. The normalized spacial score (nSPS) is 18.0. The van der Waals surface area contributed by atoms with Crippen molar-refractivity contribution in [1.29, 1.82) is 0 Å². The molecule has 0 amide bonds. The second-order valence-electron chi connectivity index (χ2n) is 6.44. The molecule has 0 aromatic heterocycles. The number of hydrogen-bond acceptors (Lipinski definition) is 3. The first kappa shape index (κ1) is 18.2. The lowest BCUT2D eigenvalue weighted by Crippen LogP contribution is -2.48. The van der Waals surface area contributed by atoms with E-state index in [2.05, 4.69) is 31.0 Å². The maximum Gasteiger partial charge on any atom is 0.128 e. The van der Waals surface area contributed by atoms with Crippen LogP contribution in [0.15, 0.2) is 18.2 Å². The quantitative estimate of drug-likeness (QED) is 0.926. The highest BCUT2D eigenvalue weighted by atomic mass is 35.5. The number of ether oxygens (including phenoxy) is 1. The Hall–Kier alpha value is -0.840. The largest absolute Gasteiger partial charge is 0.497 e. The van der Waals surface area contributed by atoms with Gasteiger partial charge in [-0.15, -0.1) is 12.4 Å². The first-order valence-corrected chi connectivity index (χ1v) is 7.21. The molecule has 21 heavy (non-hydrogen) atoms. The molecule has 1 heterocycles. The molecule has 0 radical (unpaired) electrons. The van der Waals surface area contributed by atoms with E-state index in [1.807, 2.05) is 6.07 Å². The van der Waals surface area contributed by atoms with Gasteiger partial charge in [-0.05, 0) is 23.6 Å². The third-order valence-electron chi connectivity index (χ3n) is 3.83. The zero-order chi connectivity index (χ0) is 14.8. The SMILES string of the molecule is COc1ccc(F)c([C@@H](N2CCNCC2)C(C)(C)C)c1.Cl. The van der Waals surface area contributed by atoms with Gasteiger partial charge in [0.2, 0.25) is 0 Å². The summed E-state index contributed by atoms with van der Waals surface area (Å²) in [6.07, 6.45) is 0. The van der Waals surface area contributed by atoms with Crippen LogP contribution in [0.2, 0.25) is 0 Å². The van der Waals surface area contributed by atoms with Crippen LogP contribution in [0.25, 0.3) is 0 Å². The minimum Gasteiger partial charge on any atom is -0.497 e. The summed E-state index contributed by atoms with van der Waals surface area (Å²) in [6, 6.07) is 5.08. The number of rotatable bonds is 3. The molecule has 1 aliphatic heterocycles. The van der Waals surface area contributed by atoms with Crippen molar-refractivity contribution in [2.24, 2.45) is 5.41 Å². The lowest BCUT2D eigenvalue weighted by Gasteiger charge is -2.42. The number of hydrogen-bond donors (Lipinski definition) is 1. The Kier molecular flexibility index (Phi) is 6.44. The van der Waals surface area contributed by atoms with Gasteiger partial charge in [0.15, 0.2) is 0 Å². The molecule has 3 nitrogen and oxygen atoms in total. The molecule has 120 valence electrons. The maximum atomic E-state index is 14.3. The van der Waals surface area contributed by atoms with Crippen LogP contribution in [0.1, 0.15) is 32.4 Å². The number of piperazine rings is 1. The predicted molar refractivity (Wildman–Crippen MR) is 86.8 cm³/mol. The number of halogens is 2. The first-order valence-electron chi connectivity index (χ1n) is 7.21. The van der Waals surface area contributed by atoms with E-state index in [1.54, 1.807) is 13.2 Å². The molecule has 0 spiro atoms. The average molecular weight is 317 g/mol. The van der Waals surface area contributed by atoms with Crippen LogP contribution in [-0.4, -0.2) is 38.2 Å². The van der Waals surface area contributed by atoms with Gasteiger partial charge in [-0.3, -0.25) is 4.90 Å². The van der Waals surface area contributed by atoms with Crippen molar-refractivity contribution in [3.05, 3.63) is 29.6 Å². The van der Waals surface area contributed by atoms with E-state index in [0.29, 0.717) is 5.75 Å². The van der Waals surface area contributed by atoms with Gasteiger partial charge in [0, 0.05) is 37.8 Å². The van der Waals surface area contributed by atoms with E-state index < -0.39 is 0 Å². The molecule has 1 aliphatic rings. The standard InChI is InChI=1S/C16H25FN2O.ClH/c1-16(2,3)15(19-9-7-18-8-10-19)13-11-12(20-4)5-6-14(13)17;/h5-6,11,15,18H,7-10H2,1-4H3;1H/t15-;/m1./s1. The fraction of sp³-hybridized carbons (Fsp3) is 0.625. The first-order chi connectivity index (χ1) is 9.43. The summed E-state index contributed by atoms with van der Waals surface area (Å²) in [4.78, 5) is 2.37. The molecule has 5 heteroatoms. The minimum absolute atomic E-state index is 0. The van der Waals surface area contributed by atoms with E-state index in [0.717, 1.165) is 31.7 Å². The van der Waals surface area contributed by atoms with E-state index >= 15 is 0 Å². The molecule has 1 aromatic rings. The molecule has 0 unspecified atom stereocenters. The minimum atomic E-state index is -0.149. The maximum absolute atomic E-state index is 14.3. The van der Waals surface area contributed by atoms with Crippen LogP contribution in [0.3, 0.4) is 0 Å². The van der Waals surface area contributed by atoms with E-state index in [-0.39, 0.29) is 29.7 Å². The van der Waals surface area contributed by atoms with E-state index in [1.165, 1.54) is 6.07 Å². The van der Waals surface area contributed by atoms with Crippen LogP contribution in [0, 0.1) is 11.2 Å². The van der Waals surface area contributed by atoms with Crippen molar-refractivity contribution in [3.8, 4) is 5.75 Å². The molecule has 1 aromatic carbocycles. The highest BCUT2D eigenvalue weighted by molar-refractivity contribution is 5.85. The highest BCUT2D eigenvalue weighted by Gasteiger charge is 2.34. The zero-order valence-corrected chi connectivity index (χ0v) is 14.1. The fourth-order valence-electron chi connectivity index (χ4n) is 3.01. The number of nitrogens with one attached hydrogen (secondary N) is 1. The lowest BCUT2D eigenvalue weighted by atomic mass is 9.80. The molecule has 0 saturated carbocycles. The third-order valence-corrected chi connectivity index (χ3v) is 3.83. The Labute approximate surface area is 133 Å². The highest BCUT2D eigenvalue weighted by Crippen LogP contribution is 2.40. The van der Waals surface area contributed by atoms with Crippen LogP contribution in [0.4, 0.5) is 4.39 Å². The van der Waals surface area contributed by atoms with Crippen molar-refractivity contribution in [1.82, 2.24) is 10.2 Å². The van der Waals surface area contributed by atoms with Gasteiger partial charge >= 0.3 is 0 Å². The third kappa shape index (κ3) is 4.31. The topological polar surface area (TPSA) is 24.5 Å². The van der Waals surface area contributed by atoms with Gasteiger partial charge in [0.05, 0.1) is 7.11 Å². The monoisotopic (exact) mass is 316 g/mol. The van der Waals surface area contributed by atoms with Crippen molar-refractivity contribution in [2.45, 2.75) is 26.8 Å². The Balaban J connectivity index is 0.00000220. The Morgan fingerprint density at radius 1 is 1.24 bits per heavy atom. The Bertz CT molecular complexity index is 456. The summed E-state index contributed by atoms with van der Waals surface area (Å²) < 4.78 is 19.6. The summed E-state index contributed by atoms with van der Waals surface area (Å²) in [7, 11) is 1.62. The van der Waals surface area contributed by atoms with Gasteiger partial charge in [-0.25, -0.2) is 4.39 Å². The molecule has 1 N–H and O–H groups in total. The number of benzene rings is 1. The van der Waals surface area contributed by atoms with Crippen molar-refractivity contribution < 1.29 is 9.13 Å². The van der Waals surface area contributed by atoms with Crippen LogP contribution < -0.4 is 10.1 Å². The summed E-state index contributed by atoms with van der Waals surface area (Å²) in [5.41, 5.74) is 0.698. The summed E-state index contributed by atoms with van der Waals surface area (Å²) in [6.45, 7) is 10.3. The molecule has 2 rings (SSSR count). The van der Waals surface area contributed by atoms with Gasteiger partial charge in [-0.2, -0.15) is 0 Å². The van der Waals surface area contributed by atoms with Crippen LogP contribution >= 0.6 is 12.4 Å². The molecular formula is C16H26ClFN2O. The number of nitrogens with zero attached hydrogens (tertiary/aromatic N) is 1. The van der Waals surface area contributed by atoms with Crippen molar-refractivity contribution in [3.63, 3.8) is 0 Å². The van der Waals surface area contributed by atoms with Gasteiger partial charge in [0.25, 0.3) is 0 Å². The average Bonchev–Trinajstić information content (AvgIpc) is 2.41. The molecule has 1 atom stereocenters. The Morgan fingerprint density at radius 2 is 1.86 bits per heavy atom. The second kappa shape index (κ2) is 7.43. The molecule has 0 bridgehead atoms. The number of methoxy groups -OCH3 is 1. The lowest BCUT2D eigenvalue weighted by molar-refractivity contribution is 0.0832. The molecular weight excluding hydrogens is 291 g/mol. The van der Waals surface area contributed by atoms with E-state index in [9.17, 15) is 4.39 Å². The Morgan fingerprint density at radius 3 is 2.38 bits per heavy atom. The van der Waals surface area contributed by atoms with E-state index in [4.69, 9.17) is 4.74 Å². The van der Waals surface area contributed by atoms with Gasteiger partial charge in [0.1, 0.15) is 11.6 Å². The van der Waals surface area contributed by atoms with Gasteiger partial charge < -0.3 is 10.1 Å². The molecule has 1 saturated heterocycles. The summed E-state index contributed by atoms with van der Waals surface area (Å²) in [5, 5.41) is 3.35. The fourth-order valence-corrected chi connectivity index (χ4v) is 3.01.